The Balaban J connectivity index is 2.57. The predicted octanol–water partition coefficient (Wildman–Crippen LogP) is 5.09. The lowest BCUT2D eigenvalue weighted by molar-refractivity contribution is -0.133. The molecule has 2 saturated heterocycles. The maximum atomic E-state index is 14.1. The van der Waals surface area contributed by atoms with Gasteiger partial charge in [-0.15, -0.1) is 0 Å². The van der Waals surface area contributed by atoms with E-state index in [4.69, 9.17) is 0 Å². The minimum Gasteiger partial charge on any atom is -0.364 e. The summed E-state index contributed by atoms with van der Waals surface area (Å²) >= 11 is 0. The highest BCUT2D eigenvalue weighted by molar-refractivity contribution is 5.92. The van der Waals surface area contributed by atoms with Crippen LogP contribution in [0.2, 0.25) is 0 Å². The zero-order valence-electron chi connectivity index (χ0n) is 18.2. The second-order valence-electron chi connectivity index (χ2n) is 9.24. The number of Topliss-reactive ketones (excluding diaryl/α,β-unsaturated/α-hetero) is 1. The van der Waals surface area contributed by atoms with Crippen molar-refractivity contribution in [3.05, 3.63) is 25.6 Å². The first kappa shape index (κ1) is 21.1. The molecular formula is C23H40N2O. The zero-order valence-corrected chi connectivity index (χ0v) is 18.2. The highest BCUT2D eigenvalue weighted by Crippen LogP contribution is 2.53. The molecule has 2 fully saturated rings. The average Bonchev–Trinajstić information content (AvgIpc) is 2.96. The van der Waals surface area contributed by atoms with Crippen molar-refractivity contribution in [3.8, 4) is 0 Å². The molecule has 0 spiro atoms. The minimum atomic E-state index is -0.120. The predicted molar refractivity (Wildman–Crippen MR) is 111 cm³/mol. The fourth-order valence-corrected chi connectivity index (χ4v) is 5.94. The number of nitrogens with zero attached hydrogens (tertiary/aromatic N) is 2. The third-order valence-corrected chi connectivity index (χ3v) is 8.80. The van der Waals surface area contributed by atoms with Crippen molar-refractivity contribution in [2.24, 2.45) is 22.7 Å². The van der Waals surface area contributed by atoms with E-state index in [9.17, 15) is 4.79 Å². The number of rotatable bonds is 6. The van der Waals surface area contributed by atoms with Crippen LogP contribution in [0.1, 0.15) is 68.2 Å². The Morgan fingerprint density at radius 2 is 1.15 bits per heavy atom. The Hall–Kier alpha value is -1.25. The normalized spacial score (nSPS) is 45.8. The number of hydrogen-bond acceptors (Lipinski definition) is 3. The van der Waals surface area contributed by atoms with Crippen LogP contribution in [-0.4, -0.2) is 39.8 Å². The molecule has 2 heterocycles. The summed E-state index contributed by atoms with van der Waals surface area (Å²) in [7, 11) is 0. The Morgan fingerprint density at radius 3 is 1.38 bits per heavy atom. The van der Waals surface area contributed by atoms with Crippen molar-refractivity contribution in [2.75, 3.05) is 0 Å². The van der Waals surface area contributed by atoms with E-state index in [1.54, 1.807) is 0 Å². The lowest BCUT2D eigenvalue weighted by Crippen LogP contribution is -2.54. The summed E-state index contributed by atoms with van der Waals surface area (Å²) in [5.74, 6) is 1.24. The number of carbonyl (C=O) groups is 1. The Kier molecular flexibility index (Phi) is 5.71. The maximum absolute atomic E-state index is 14.1. The lowest BCUT2D eigenvalue weighted by atomic mass is 9.65. The summed E-state index contributed by atoms with van der Waals surface area (Å²) in [6, 6.07) is 0.414. The van der Waals surface area contributed by atoms with Gasteiger partial charge in [0.2, 0.25) is 0 Å². The van der Waals surface area contributed by atoms with E-state index >= 15 is 0 Å². The van der Waals surface area contributed by atoms with Crippen molar-refractivity contribution in [1.29, 1.82) is 0 Å². The lowest BCUT2D eigenvalue weighted by Gasteiger charge is -2.42. The fraction of sp³-hybridized carbons (Fsp3) is 0.783. The largest absolute Gasteiger partial charge is 0.364 e. The molecule has 0 aromatic rings. The summed E-state index contributed by atoms with van der Waals surface area (Å²) in [5.41, 5.74) is -0.0809. The van der Waals surface area contributed by atoms with Gasteiger partial charge in [-0.2, -0.15) is 0 Å². The van der Waals surface area contributed by atoms with Crippen molar-refractivity contribution >= 4 is 5.78 Å². The maximum Gasteiger partial charge on any atom is 0.178 e. The average molecular weight is 361 g/mol. The molecule has 3 nitrogen and oxygen atoms in total. The highest BCUT2D eigenvalue weighted by Gasteiger charge is 2.61. The van der Waals surface area contributed by atoms with E-state index in [0.29, 0.717) is 29.7 Å². The Labute approximate surface area is 161 Å². The molecule has 2 rings (SSSR count). The Morgan fingerprint density at radius 1 is 0.846 bits per heavy atom. The molecule has 2 aliphatic rings. The molecule has 0 N–H and O–H groups in total. The van der Waals surface area contributed by atoms with Crippen LogP contribution in [0.25, 0.3) is 0 Å². The molecule has 8 unspecified atom stereocenters. The first-order chi connectivity index (χ1) is 12.1. The van der Waals surface area contributed by atoms with Gasteiger partial charge in [0.1, 0.15) is 0 Å². The molecule has 3 heteroatoms. The smallest absolute Gasteiger partial charge is 0.178 e. The summed E-state index contributed by atoms with van der Waals surface area (Å²) in [6.45, 7) is 26.2. The second kappa shape index (κ2) is 7.05. The molecule has 2 aliphatic heterocycles. The minimum absolute atomic E-state index is 0.0404. The number of carbonyl (C=O) groups excluding carboxylic acids is 1. The summed E-state index contributed by atoms with van der Waals surface area (Å²) in [4.78, 5) is 18.6. The van der Waals surface area contributed by atoms with E-state index < -0.39 is 0 Å². The van der Waals surface area contributed by atoms with Gasteiger partial charge in [-0.1, -0.05) is 54.7 Å². The topological polar surface area (TPSA) is 23.6 Å². The van der Waals surface area contributed by atoms with Crippen LogP contribution in [0.4, 0.5) is 0 Å². The van der Waals surface area contributed by atoms with Crippen LogP contribution in [-0.2, 0) is 4.79 Å². The Bertz CT molecular complexity index is 525. The monoisotopic (exact) mass is 360 g/mol. The van der Waals surface area contributed by atoms with Crippen molar-refractivity contribution in [2.45, 2.75) is 92.4 Å². The molecule has 0 amide bonds. The van der Waals surface area contributed by atoms with Gasteiger partial charge in [0.15, 0.2) is 5.78 Å². The quantitative estimate of drug-likeness (QED) is 0.659. The van der Waals surface area contributed by atoms with Gasteiger partial charge < -0.3 is 9.80 Å². The van der Waals surface area contributed by atoms with Crippen LogP contribution in [0.5, 0.6) is 0 Å². The van der Waals surface area contributed by atoms with E-state index in [-0.39, 0.29) is 22.9 Å². The highest BCUT2D eigenvalue weighted by atomic mass is 16.1. The number of likely N-dealkylation sites (tertiary alicyclic amines) is 2. The molecule has 0 aromatic carbocycles. The molecule has 0 radical (unpaired) electrons. The molecule has 0 saturated carbocycles. The summed E-state index contributed by atoms with van der Waals surface area (Å²) in [5, 5.41) is 0. The van der Waals surface area contributed by atoms with Crippen LogP contribution in [0.3, 0.4) is 0 Å². The van der Waals surface area contributed by atoms with Gasteiger partial charge in [0, 0.05) is 12.1 Å². The van der Waals surface area contributed by atoms with Crippen LogP contribution < -0.4 is 0 Å². The van der Waals surface area contributed by atoms with Crippen LogP contribution >= 0.6 is 0 Å². The van der Waals surface area contributed by atoms with Gasteiger partial charge >= 0.3 is 0 Å². The number of ketones is 1. The fourth-order valence-electron chi connectivity index (χ4n) is 5.94. The summed E-state index contributed by atoms with van der Waals surface area (Å²) in [6.07, 6.45) is 5.78. The molecular weight excluding hydrogens is 320 g/mol. The standard InChI is InChI=1S/C23H40N2O/c1-11-22(9)15(5)17(7)24(13-3)20(22)19(26)21-23(10,12-2)16(6)18(8)25(21)14-4/h13-18,20-21H,3-4,11-12H2,1-2,5-10H3. The van der Waals surface area contributed by atoms with Gasteiger partial charge in [-0.3, -0.25) is 4.79 Å². The third-order valence-electron chi connectivity index (χ3n) is 8.80. The van der Waals surface area contributed by atoms with Crippen molar-refractivity contribution in [1.82, 2.24) is 9.80 Å². The summed E-state index contributed by atoms with van der Waals surface area (Å²) < 4.78 is 0. The second-order valence-corrected chi connectivity index (χ2v) is 9.24. The molecule has 0 aliphatic carbocycles. The van der Waals surface area contributed by atoms with Crippen LogP contribution in [0.15, 0.2) is 25.6 Å². The van der Waals surface area contributed by atoms with Gasteiger partial charge in [-0.25, -0.2) is 0 Å². The zero-order chi connectivity index (χ0) is 20.0. The van der Waals surface area contributed by atoms with Gasteiger partial charge in [-0.05, 0) is 61.8 Å². The SMILES string of the molecule is C=CN1C(C)C(C)C(C)(CC)C1C(=O)C1N(C=C)C(C)C(C)C1(C)CC. The molecule has 8 atom stereocenters. The van der Waals surface area contributed by atoms with Crippen molar-refractivity contribution < 1.29 is 4.79 Å². The van der Waals surface area contributed by atoms with E-state index in [0.717, 1.165) is 12.8 Å². The first-order valence-corrected chi connectivity index (χ1v) is 10.4. The number of hydrogen-bond donors (Lipinski definition) is 0. The third kappa shape index (κ3) is 2.57. The van der Waals surface area contributed by atoms with Gasteiger partial charge in [0.25, 0.3) is 0 Å². The van der Waals surface area contributed by atoms with Crippen molar-refractivity contribution in [3.63, 3.8) is 0 Å². The van der Waals surface area contributed by atoms with Gasteiger partial charge in [0.05, 0.1) is 12.1 Å². The molecule has 0 aromatic heterocycles. The molecule has 26 heavy (non-hydrogen) atoms. The molecule has 148 valence electrons. The van der Waals surface area contributed by atoms with E-state index in [1.165, 1.54) is 0 Å². The van der Waals surface area contributed by atoms with E-state index in [1.807, 2.05) is 12.4 Å². The first-order valence-electron chi connectivity index (χ1n) is 10.4. The van der Waals surface area contributed by atoms with Crippen LogP contribution in [0, 0.1) is 22.7 Å². The molecule has 0 bridgehead atoms. The van der Waals surface area contributed by atoms with E-state index in [2.05, 4.69) is 78.3 Å².